The van der Waals surface area contributed by atoms with E-state index in [1.807, 2.05) is 18.2 Å². The Hall–Kier alpha value is -1.51. The van der Waals surface area contributed by atoms with E-state index in [1.165, 1.54) is 5.56 Å². The Morgan fingerprint density at radius 2 is 2.38 bits per heavy atom. The molecule has 1 N–H and O–H groups in total. The number of benzene rings is 1. The summed E-state index contributed by atoms with van der Waals surface area (Å²) < 4.78 is 5.36. The molecule has 0 saturated heterocycles. The maximum atomic E-state index is 8.59. The molecule has 0 spiro atoms. The van der Waals surface area contributed by atoms with Gasteiger partial charge in [0.25, 0.3) is 0 Å². The third kappa shape index (κ3) is 1.37. The van der Waals surface area contributed by atoms with Gasteiger partial charge < -0.3 is 9.94 Å². The highest BCUT2D eigenvalue weighted by Gasteiger charge is 2.12. The van der Waals surface area contributed by atoms with Gasteiger partial charge in [-0.2, -0.15) is 0 Å². The van der Waals surface area contributed by atoms with Crippen LogP contribution in [-0.2, 0) is 6.42 Å². The summed E-state index contributed by atoms with van der Waals surface area (Å²) in [6.45, 7) is 2.53. The van der Waals surface area contributed by atoms with Gasteiger partial charge >= 0.3 is 0 Å². The van der Waals surface area contributed by atoms with Crippen molar-refractivity contribution >= 4 is 5.71 Å². The smallest absolute Gasteiger partial charge is 0.122 e. The molecule has 0 atom stereocenters. The van der Waals surface area contributed by atoms with Crippen LogP contribution >= 0.6 is 0 Å². The second kappa shape index (κ2) is 3.09. The second-order valence-electron chi connectivity index (χ2n) is 3.11. The molecule has 0 saturated carbocycles. The first kappa shape index (κ1) is 8.10. The number of fused-ring (bicyclic) bond motifs is 1. The first-order chi connectivity index (χ1) is 6.31. The van der Waals surface area contributed by atoms with Crippen LogP contribution < -0.4 is 4.74 Å². The van der Waals surface area contributed by atoms with E-state index in [2.05, 4.69) is 5.16 Å². The molecule has 0 aromatic heterocycles. The van der Waals surface area contributed by atoms with Crippen molar-refractivity contribution in [3.63, 3.8) is 0 Å². The molecule has 1 aromatic rings. The highest BCUT2D eigenvalue weighted by atomic mass is 16.5. The highest BCUT2D eigenvalue weighted by molar-refractivity contribution is 5.98. The number of nitrogens with zero attached hydrogens (tertiary/aromatic N) is 1. The molecule has 1 aromatic carbocycles. The van der Waals surface area contributed by atoms with E-state index in [0.717, 1.165) is 24.3 Å². The second-order valence-corrected chi connectivity index (χ2v) is 3.11. The zero-order valence-corrected chi connectivity index (χ0v) is 7.45. The Morgan fingerprint density at radius 1 is 1.54 bits per heavy atom. The van der Waals surface area contributed by atoms with E-state index < -0.39 is 0 Å². The number of hydrogen-bond acceptors (Lipinski definition) is 3. The van der Waals surface area contributed by atoms with Crippen LogP contribution in [0.25, 0.3) is 0 Å². The molecule has 3 nitrogen and oxygen atoms in total. The molecule has 1 aliphatic heterocycles. The van der Waals surface area contributed by atoms with E-state index in [-0.39, 0.29) is 0 Å². The SMILES string of the molecule is CC(=NO)c1ccc2c(c1)CCO2. The van der Waals surface area contributed by atoms with Crippen molar-refractivity contribution in [3.05, 3.63) is 29.3 Å². The van der Waals surface area contributed by atoms with Crippen molar-refractivity contribution in [2.45, 2.75) is 13.3 Å². The van der Waals surface area contributed by atoms with Gasteiger partial charge in [0.1, 0.15) is 5.75 Å². The minimum Gasteiger partial charge on any atom is -0.493 e. The van der Waals surface area contributed by atoms with E-state index in [1.54, 1.807) is 6.92 Å². The van der Waals surface area contributed by atoms with Crippen LogP contribution in [0.5, 0.6) is 5.75 Å². The standard InChI is InChI=1S/C10H11NO2/c1-7(11-12)8-2-3-10-9(6-8)4-5-13-10/h2-3,6,12H,4-5H2,1H3. The van der Waals surface area contributed by atoms with Crippen LogP contribution in [0.3, 0.4) is 0 Å². The average molecular weight is 177 g/mol. The Balaban J connectivity index is 2.41. The number of rotatable bonds is 1. The first-order valence-electron chi connectivity index (χ1n) is 4.26. The zero-order chi connectivity index (χ0) is 9.26. The van der Waals surface area contributed by atoms with Gasteiger partial charge in [0.15, 0.2) is 0 Å². The first-order valence-corrected chi connectivity index (χ1v) is 4.26. The fourth-order valence-electron chi connectivity index (χ4n) is 1.47. The lowest BCUT2D eigenvalue weighted by atomic mass is 10.1. The summed E-state index contributed by atoms with van der Waals surface area (Å²) in [5.74, 6) is 0.953. The molecular formula is C10H11NO2. The Labute approximate surface area is 76.6 Å². The van der Waals surface area contributed by atoms with Crippen molar-refractivity contribution in [2.75, 3.05) is 6.61 Å². The molecular weight excluding hydrogens is 166 g/mol. The molecule has 0 amide bonds. The summed E-state index contributed by atoms with van der Waals surface area (Å²) >= 11 is 0. The molecule has 0 fully saturated rings. The number of ether oxygens (including phenoxy) is 1. The highest BCUT2D eigenvalue weighted by Crippen LogP contribution is 2.25. The van der Waals surface area contributed by atoms with Crippen LogP contribution in [0.2, 0.25) is 0 Å². The van der Waals surface area contributed by atoms with Gasteiger partial charge in [0.2, 0.25) is 0 Å². The van der Waals surface area contributed by atoms with Crippen molar-refractivity contribution in [2.24, 2.45) is 5.16 Å². The predicted molar refractivity (Wildman–Crippen MR) is 49.6 cm³/mol. The van der Waals surface area contributed by atoms with Crippen molar-refractivity contribution in [1.82, 2.24) is 0 Å². The van der Waals surface area contributed by atoms with Crippen LogP contribution in [0.4, 0.5) is 0 Å². The monoisotopic (exact) mass is 177 g/mol. The molecule has 13 heavy (non-hydrogen) atoms. The van der Waals surface area contributed by atoms with Crippen molar-refractivity contribution in [3.8, 4) is 5.75 Å². The van der Waals surface area contributed by atoms with Crippen LogP contribution in [0.1, 0.15) is 18.1 Å². The maximum absolute atomic E-state index is 8.59. The van der Waals surface area contributed by atoms with E-state index >= 15 is 0 Å². The van der Waals surface area contributed by atoms with Gasteiger partial charge in [-0.1, -0.05) is 5.16 Å². The van der Waals surface area contributed by atoms with Gasteiger partial charge in [0, 0.05) is 6.42 Å². The Morgan fingerprint density at radius 3 is 3.15 bits per heavy atom. The predicted octanol–water partition coefficient (Wildman–Crippen LogP) is 1.82. The van der Waals surface area contributed by atoms with Crippen LogP contribution in [0.15, 0.2) is 23.4 Å². The van der Waals surface area contributed by atoms with E-state index in [9.17, 15) is 0 Å². The van der Waals surface area contributed by atoms with E-state index in [0.29, 0.717) is 5.71 Å². The Bertz CT molecular complexity index is 358. The summed E-state index contributed by atoms with van der Waals surface area (Å²) in [5, 5.41) is 11.8. The quantitative estimate of drug-likeness (QED) is 0.404. The summed E-state index contributed by atoms with van der Waals surface area (Å²) in [6.07, 6.45) is 0.946. The third-order valence-electron chi connectivity index (χ3n) is 2.26. The lowest BCUT2D eigenvalue weighted by Gasteiger charge is -2.01. The lowest BCUT2D eigenvalue weighted by Crippen LogP contribution is -1.94. The summed E-state index contributed by atoms with van der Waals surface area (Å²) in [4.78, 5) is 0. The molecule has 0 unspecified atom stereocenters. The molecule has 3 heteroatoms. The fourth-order valence-corrected chi connectivity index (χ4v) is 1.47. The van der Waals surface area contributed by atoms with Gasteiger partial charge in [-0.15, -0.1) is 0 Å². The molecule has 2 rings (SSSR count). The van der Waals surface area contributed by atoms with Crippen LogP contribution in [-0.4, -0.2) is 17.5 Å². The molecule has 0 bridgehead atoms. The van der Waals surface area contributed by atoms with Gasteiger partial charge in [-0.3, -0.25) is 0 Å². The summed E-state index contributed by atoms with van der Waals surface area (Å²) in [7, 11) is 0. The third-order valence-corrected chi connectivity index (χ3v) is 2.26. The van der Waals surface area contributed by atoms with Crippen molar-refractivity contribution in [1.29, 1.82) is 0 Å². The minimum absolute atomic E-state index is 0.634. The maximum Gasteiger partial charge on any atom is 0.122 e. The molecule has 1 aliphatic rings. The average Bonchev–Trinajstić information content (AvgIpc) is 2.63. The van der Waals surface area contributed by atoms with Crippen molar-refractivity contribution < 1.29 is 9.94 Å². The number of hydrogen-bond donors (Lipinski definition) is 1. The lowest BCUT2D eigenvalue weighted by molar-refractivity contribution is 0.319. The number of oxime groups is 1. The van der Waals surface area contributed by atoms with Gasteiger partial charge in [-0.05, 0) is 36.2 Å². The molecule has 0 radical (unpaired) electrons. The summed E-state index contributed by atoms with van der Waals surface area (Å²) in [6, 6.07) is 5.84. The molecule has 1 heterocycles. The fraction of sp³-hybridized carbons (Fsp3) is 0.300. The topological polar surface area (TPSA) is 41.8 Å². The van der Waals surface area contributed by atoms with Crippen LogP contribution in [0, 0.1) is 0 Å². The molecule has 68 valence electrons. The van der Waals surface area contributed by atoms with Gasteiger partial charge in [-0.25, -0.2) is 0 Å². The van der Waals surface area contributed by atoms with E-state index in [4.69, 9.17) is 9.94 Å². The normalized spacial score (nSPS) is 15.3. The van der Waals surface area contributed by atoms with Gasteiger partial charge in [0.05, 0.1) is 12.3 Å². The Kier molecular flexibility index (Phi) is 1.93. The minimum atomic E-state index is 0.634. The zero-order valence-electron chi connectivity index (χ0n) is 7.45. The summed E-state index contributed by atoms with van der Waals surface area (Å²) in [5.41, 5.74) is 2.78. The largest absolute Gasteiger partial charge is 0.493 e. The molecule has 0 aliphatic carbocycles.